The van der Waals surface area contributed by atoms with Crippen molar-refractivity contribution < 1.29 is 4.79 Å². The highest BCUT2D eigenvalue weighted by atomic mass is 16.2. The van der Waals surface area contributed by atoms with Gasteiger partial charge in [-0.25, -0.2) is 0 Å². The summed E-state index contributed by atoms with van der Waals surface area (Å²) in [5, 5.41) is 0. The Bertz CT molecular complexity index is 434. The van der Waals surface area contributed by atoms with Crippen LogP contribution in [0.15, 0.2) is 30.3 Å². The molecule has 0 spiro atoms. The number of para-hydroxylation sites is 1. The minimum Gasteiger partial charge on any atom is -0.312 e. The van der Waals surface area contributed by atoms with Gasteiger partial charge < -0.3 is 4.90 Å². The molecule has 2 rings (SSSR count). The van der Waals surface area contributed by atoms with Crippen LogP contribution in [-0.2, 0) is 4.79 Å². The highest BCUT2D eigenvalue weighted by molar-refractivity contribution is 5.94. The van der Waals surface area contributed by atoms with Gasteiger partial charge in [0.25, 0.3) is 0 Å². The number of benzene rings is 1. The number of carbonyl (C=O) groups is 1. The Morgan fingerprint density at radius 2 is 1.61 bits per heavy atom. The van der Waals surface area contributed by atoms with E-state index in [0.29, 0.717) is 6.42 Å². The van der Waals surface area contributed by atoms with Gasteiger partial charge in [0.15, 0.2) is 0 Å². The number of carbonyl (C=O) groups excluding carboxylic acids is 1. The van der Waals surface area contributed by atoms with Gasteiger partial charge in [0, 0.05) is 18.7 Å². The van der Waals surface area contributed by atoms with Gasteiger partial charge in [0.05, 0.1) is 0 Å². The van der Waals surface area contributed by atoms with E-state index in [1.807, 2.05) is 35.2 Å². The lowest BCUT2D eigenvalue weighted by Crippen LogP contribution is -2.36. The number of rotatable bonds is 1. The van der Waals surface area contributed by atoms with Crippen LogP contribution in [0.2, 0.25) is 0 Å². The number of hydrogen-bond acceptors (Lipinski definition) is 1. The van der Waals surface area contributed by atoms with Crippen molar-refractivity contribution in [2.45, 2.75) is 40.5 Å². The third kappa shape index (κ3) is 2.92. The first-order valence-electron chi connectivity index (χ1n) is 6.65. The first kappa shape index (κ1) is 13.1. The zero-order valence-corrected chi connectivity index (χ0v) is 11.9. The van der Waals surface area contributed by atoms with Crippen molar-refractivity contribution >= 4 is 11.6 Å². The van der Waals surface area contributed by atoms with Crippen molar-refractivity contribution in [3.05, 3.63) is 30.3 Å². The lowest BCUT2D eigenvalue weighted by Gasteiger charge is -2.32. The number of hydrogen-bond donors (Lipinski definition) is 0. The third-order valence-electron chi connectivity index (χ3n) is 3.54. The van der Waals surface area contributed by atoms with Crippen molar-refractivity contribution in [3.8, 4) is 0 Å². The van der Waals surface area contributed by atoms with Crippen molar-refractivity contribution in [1.29, 1.82) is 0 Å². The molecule has 0 N–H and O–H groups in total. The van der Waals surface area contributed by atoms with Crippen LogP contribution in [0, 0.1) is 10.8 Å². The summed E-state index contributed by atoms with van der Waals surface area (Å²) in [6.45, 7) is 9.70. The second kappa shape index (κ2) is 4.42. The van der Waals surface area contributed by atoms with Crippen LogP contribution < -0.4 is 4.90 Å². The second-order valence-corrected chi connectivity index (χ2v) is 7.00. The fourth-order valence-corrected chi connectivity index (χ4v) is 3.28. The van der Waals surface area contributed by atoms with Gasteiger partial charge in [-0.2, -0.15) is 0 Å². The molecule has 0 aliphatic carbocycles. The molecular weight excluding hydrogens is 222 g/mol. The van der Waals surface area contributed by atoms with Gasteiger partial charge in [-0.1, -0.05) is 45.9 Å². The Hall–Kier alpha value is -1.31. The monoisotopic (exact) mass is 245 g/mol. The predicted molar refractivity (Wildman–Crippen MR) is 75.6 cm³/mol. The second-order valence-electron chi connectivity index (χ2n) is 7.00. The Kier molecular flexibility index (Phi) is 3.22. The van der Waals surface area contributed by atoms with Crippen LogP contribution >= 0.6 is 0 Å². The van der Waals surface area contributed by atoms with E-state index < -0.39 is 0 Å². The maximum absolute atomic E-state index is 12.4. The molecule has 2 nitrogen and oxygen atoms in total. The molecule has 0 atom stereocenters. The minimum absolute atomic E-state index is 0.0874. The van der Waals surface area contributed by atoms with Crippen LogP contribution in [-0.4, -0.2) is 12.5 Å². The number of anilines is 1. The molecule has 1 saturated heterocycles. The molecule has 98 valence electrons. The van der Waals surface area contributed by atoms with E-state index in [2.05, 4.69) is 27.7 Å². The SMILES string of the molecule is CC1(C)CC(=O)N(c2ccccc2)CC(C)(C)C1. The van der Waals surface area contributed by atoms with E-state index in [-0.39, 0.29) is 16.7 Å². The van der Waals surface area contributed by atoms with E-state index in [1.165, 1.54) is 0 Å². The van der Waals surface area contributed by atoms with Crippen molar-refractivity contribution in [1.82, 2.24) is 0 Å². The first-order valence-corrected chi connectivity index (χ1v) is 6.65. The van der Waals surface area contributed by atoms with Gasteiger partial charge in [0.1, 0.15) is 0 Å². The Balaban J connectivity index is 2.34. The van der Waals surface area contributed by atoms with Crippen LogP contribution in [0.3, 0.4) is 0 Å². The average Bonchev–Trinajstić information content (AvgIpc) is 2.32. The summed E-state index contributed by atoms with van der Waals surface area (Å²) < 4.78 is 0. The summed E-state index contributed by atoms with van der Waals surface area (Å²) in [7, 11) is 0. The lowest BCUT2D eigenvalue weighted by atomic mass is 9.74. The molecule has 1 aliphatic heterocycles. The van der Waals surface area contributed by atoms with E-state index in [4.69, 9.17) is 0 Å². The van der Waals surface area contributed by atoms with Crippen LogP contribution in [0.5, 0.6) is 0 Å². The first-order chi connectivity index (χ1) is 8.29. The zero-order chi connectivity index (χ0) is 13.4. The Morgan fingerprint density at radius 1 is 1.00 bits per heavy atom. The standard InChI is InChI=1S/C16H23NO/c1-15(2)10-14(18)17(12-16(3,4)11-15)13-8-6-5-7-9-13/h5-9H,10-12H2,1-4H3. The van der Waals surface area contributed by atoms with E-state index in [9.17, 15) is 4.79 Å². The fourth-order valence-electron chi connectivity index (χ4n) is 3.28. The zero-order valence-electron chi connectivity index (χ0n) is 11.9. The quantitative estimate of drug-likeness (QED) is 0.735. The normalized spacial score (nSPS) is 22.7. The minimum atomic E-state index is 0.0874. The summed E-state index contributed by atoms with van der Waals surface area (Å²) >= 11 is 0. The molecule has 1 fully saturated rings. The largest absolute Gasteiger partial charge is 0.312 e. The maximum atomic E-state index is 12.4. The summed E-state index contributed by atoms with van der Waals surface area (Å²) in [6.07, 6.45) is 1.71. The van der Waals surface area contributed by atoms with Gasteiger partial charge in [0.2, 0.25) is 5.91 Å². The molecule has 0 aromatic heterocycles. The Morgan fingerprint density at radius 3 is 2.22 bits per heavy atom. The summed E-state index contributed by atoms with van der Waals surface area (Å²) in [6, 6.07) is 10.0. The van der Waals surface area contributed by atoms with Gasteiger partial charge in [-0.05, 0) is 29.4 Å². The molecule has 0 radical (unpaired) electrons. The third-order valence-corrected chi connectivity index (χ3v) is 3.54. The van der Waals surface area contributed by atoms with E-state index in [1.54, 1.807) is 0 Å². The molecule has 1 aromatic rings. The fraction of sp³-hybridized carbons (Fsp3) is 0.562. The van der Waals surface area contributed by atoms with Crippen molar-refractivity contribution in [2.24, 2.45) is 10.8 Å². The van der Waals surface area contributed by atoms with Gasteiger partial charge >= 0.3 is 0 Å². The average molecular weight is 245 g/mol. The Labute approximate surface area is 110 Å². The summed E-state index contributed by atoms with van der Waals surface area (Å²) in [5.41, 5.74) is 1.27. The molecule has 1 aliphatic rings. The maximum Gasteiger partial charge on any atom is 0.227 e. The number of amides is 1. The smallest absolute Gasteiger partial charge is 0.227 e. The molecule has 18 heavy (non-hydrogen) atoms. The predicted octanol–water partition coefficient (Wildman–Crippen LogP) is 3.87. The van der Waals surface area contributed by atoms with Crippen molar-refractivity contribution in [3.63, 3.8) is 0 Å². The molecule has 2 heteroatoms. The van der Waals surface area contributed by atoms with Crippen LogP contribution in [0.25, 0.3) is 0 Å². The molecule has 1 heterocycles. The number of nitrogens with zero attached hydrogens (tertiary/aromatic N) is 1. The lowest BCUT2D eigenvalue weighted by molar-refractivity contribution is -0.120. The van der Waals surface area contributed by atoms with Crippen LogP contribution in [0.4, 0.5) is 5.69 Å². The highest BCUT2D eigenvalue weighted by Gasteiger charge is 2.38. The summed E-state index contributed by atoms with van der Waals surface area (Å²) in [4.78, 5) is 14.4. The molecule has 1 aromatic carbocycles. The molecular formula is C16H23NO. The molecule has 0 saturated carbocycles. The van der Waals surface area contributed by atoms with E-state index in [0.717, 1.165) is 18.7 Å². The molecule has 0 bridgehead atoms. The molecule has 0 unspecified atom stereocenters. The molecule has 1 amide bonds. The van der Waals surface area contributed by atoms with Gasteiger partial charge in [-0.3, -0.25) is 4.79 Å². The van der Waals surface area contributed by atoms with E-state index >= 15 is 0 Å². The highest BCUT2D eigenvalue weighted by Crippen LogP contribution is 2.41. The topological polar surface area (TPSA) is 20.3 Å². The summed E-state index contributed by atoms with van der Waals surface area (Å²) in [5.74, 6) is 0.247. The van der Waals surface area contributed by atoms with Gasteiger partial charge in [-0.15, -0.1) is 0 Å². The van der Waals surface area contributed by atoms with Crippen molar-refractivity contribution in [2.75, 3.05) is 11.4 Å². The van der Waals surface area contributed by atoms with Crippen LogP contribution in [0.1, 0.15) is 40.5 Å².